The first-order valence-corrected chi connectivity index (χ1v) is 7.55. The molecule has 0 aliphatic heterocycles. The Morgan fingerprint density at radius 3 is 2.29 bits per heavy atom. The van der Waals surface area contributed by atoms with Crippen molar-refractivity contribution in [1.29, 1.82) is 5.26 Å². The molecule has 0 N–H and O–H groups in total. The molecule has 2 aromatic carbocycles. The van der Waals surface area contributed by atoms with Crippen LogP contribution in [-0.2, 0) is 4.79 Å². The molecule has 0 fully saturated rings. The average Bonchev–Trinajstić information content (AvgIpc) is 2.64. The topological polar surface area (TPSA) is 70.4 Å². The summed E-state index contributed by atoms with van der Waals surface area (Å²) in [5.74, 6) is 0.255. The zero-order valence-electron chi connectivity index (χ0n) is 13.4. The molecular formula is C19H18N2O3. The lowest BCUT2D eigenvalue weighted by Gasteiger charge is -2.15. The molecule has 0 aliphatic carbocycles. The van der Waals surface area contributed by atoms with Gasteiger partial charge in [-0.25, -0.2) is 0 Å². The first kappa shape index (κ1) is 17.2. The number of likely N-dealkylation sites (N-methyl/N-ethyl adjacent to an activating group) is 1. The van der Waals surface area contributed by atoms with Gasteiger partial charge in [0.05, 0.1) is 12.5 Å². The molecule has 5 heteroatoms. The van der Waals surface area contributed by atoms with Gasteiger partial charge in [-0.1, -0.05) is 30.3 Å². The van der Waals surface area contributed by atoms with Gasteiger partial charge in [-0.15, -0.1) is 0 Å². The molecule has 2 rings (SSSR count). The second kappa shape index (κ2) is 8.49. The number of ether oxygens (including phenoxy) is 1. The Hall–Kier alpha value is -3.13. The molecule has 0 bridgehead atoms. The molecule has 0 radical (unpaired) electrons. The molecule has 5 nitrogen and oxygen atoms in total. The smallest absolute Gasteiger partial charge is 0.260 e. The summed E-state index contributed by atoms with van der Waals surface area (Å²) in [5.41, 5.74) is 1.19. The number of nitriles is 1. The third-order valence-electron chi connectivity index (χ3n) is 3.50. The Morgan fingerprint density at radius 1 is 1.04 bits per heavy atom. The van der Waals surface area contributed by atoms with E-state index in [1.54, 1.807) is 43.4 Å². The lowest BCUT2D eigenvalue weighted by Crippen LogP contribution is -2.32. The molecule has 24 heavy (non-hydrogen) atoms. The van der Waals surface area contributed by atoms with E-state index < -0.39 is 0 Å². The van der Waals surface area contributed by atoms with E-state index in [0.717, 1.165) is 0 Å². The SMILES string of the molecule is CN(CCC#N)C(=O)COc1ccc(C(=O)c2ccccc2)cc1. The van der Waals surface area contributed by atoms with Gasteiger partial charge in [0, 0.05) is 24.7 Å². The minimum atomic E-state index is -0.199. The first-order valence-electron chi connectivity index (χ1n) is 7.55. The van der Waals surface area contributed by atoms with E-state index in [0.29, 0.717) is 29.8 Å². The van der Waals surface area contributed by atoms with E-state index >= 15 is 0 Å². The molecule has 2 aromatic rings. The fourth-order valence-electron chi connectivity index (χ4n) is 2.06. The number of amides is 1. The lowest BCUT2D eigenvalue weighted by atomic mass is 10.0. The van der Waals surface area contributed by atoms with Gasteiger partial charge < -0.3 is 9.64 Å². The summed E-state index contributed by atoms with van der Waals surface area (Å²) in [4.78, 5) is 25.6. The molecule has 0 aliphatic rings. The second-order valence-electron chi connectivity index (χ2n) is 5.23. The highest BCUT2D eigenvalue weighted by molar-refractivity contribution is 6.08. The molecule has 0 saturated heterocycles. The highest BCUT2D eigenvalue weighted by Gasteiger charge is 2.11. The first-order chi connectivity index (χ1) is 11.6. The molecule has 122 valence electrons. The Balaban J connectivity index is 1.92. The van der Waals surface area contributed by atoms with Gasteiger partial charge in [-0.3, -0.25) is 9.59 Å². The third-order valence-corrected chi connectivity index (χ3v) is 3.50. The van der Waals surface area contributed by atoms with Crippen LogP contribution in [0.4, 0.5) is 0 Å². The number of hydrogen-bond acceptors (Lipinski definition) is 4. The maximum atomic E-state index is 12.3. The maximum absolute atomic E-state index is 12.3. The predicted octanol–water partition coefficient (Wildman–Crippen LogP) is 2.67. The molecule has 0 saturated carbocycles. The van der Waals surface area contributed by atoms with Crippen molar-refractivity contribution in [2.24, 2.45) is 0 Å². The van der Waals surface area contributed by atoms with Crippen molar-refractivity contribution in [3.05, 3.63) is 65.7 Å². The number of rotatable bonds is 7. The average molecular weight is 322 g/mol. The standard InChI is InChI=1S/C19H18N2O3/c1-21(13-5-12-20)18(22)14-24-17-10-8-16(9-11-17)19(23)15-6-3-2-4-7-15/h2-4,6-11H,5,13-14H2,1H3. The highest BCUT2D eigenvalue weighted by Crippen LogP contribution is 2.15. The zero-order valence-corrected chi connectivity index (χ0v) is 13.4. The lowest BCUT2D eigenvalue weighted by molar-refractivity contribution is -0.131. The van der Waals surface area contributed by atoms with Crippen molar-refractivity contribution in [3.8, 4) is 11.8 Å². The van der Waals surface area contributed by atoms with E-state index in [1.807, 2.05) is 24.3 Å². The van der Waals surface area contributed by atoms with Crippen LogP contribution >= 0.6 is 0 Å². The Kier molecular flexibility index (Phi) is 6.09. The summed E-state index contributed by atoms with van der Waals surface area (Å²) in [6, 6.07) is 17.7. The summed E-state index contributed by atoms with van der Waals surface area (Å²) in [7, 11) is 1.63. The molecular weight excluding hydrogens is 304 g/mol. The fraction of sp³-hybridized carbons (Fsp3) is 0.211. The van der Waals surface area contributed by atoms with Crippen LogP contribution in [0.3, 0.4) is 0 Å². The van der Waals surface area contributed by atoms with Crippen LogP contribution in [-0.4, -0.2) is 36.8 Å². The van der Waals surface area contributed by atoms with Crippen molar-refractivity contribution in [1.82, 2.24) is 4.90 Å². The van der Waals surface area contributed by atoms with Gasteiger partial charge in [0.25, 0.3) is 5.91 Å². The Bertz CT molecular complexity index is 733. The summed E-state index contributed by atoms with van der Waals surface area (Å²) in [6.07, 6.45) is 0.290. The van der Waals surface area contributed by atoms with E-state index in [1.165, 1.54) is 4.90 Å². The Labute approximate surface area is 141 Å². The van der Waals surface area contributed by atoms with Gasteiger partial charge in [0.1, 0.15) is 5.75 Å². The van der Waals surface area contributed by atoms with Crippen molar-refractivity contribution < 1.29 is 14.3 Å². The molecule has 0 unspecified atom stereocenters. The highest BCUT2D eigenvalue weighted by atomic mass is 16.5. The summed E-state index contributed by atoms with van der Waals surface area (Å²) in [5, 5.41) is 8.51. The van der Waals surface area contributed by atoms with E-state index in [4.69, 9.17) is 10.00 Å². The largest absolute Gasteiger partial charge is 0.484 e. The second-order valence-corrected chi connectivity index (χ2v) is 5.23. The zero-order chi connectivity index (χ0) is 17.4. The minimum absolute atomic E-state index is 0.0607. The predicted molar refractivity (Wildman–Crippen MR) is 89.7 cm³/mol. The van der Waals surface area contributed by atoms with Gasteiger partial charge in [-0.05, 0) is 24.3 Å². The van der Waals surface area contributed by atoms with Crippen molar-refractivity contribution in [2.45, 2.75) is 6.42 Å². The van der Waals surface area contributed by atoms with Crippen LogP contribution in [0, 0.1) is 11.3 Å². The van der Waals surface area contributed by atoms with Crippen LogP contribution < -0.4 is 4.74 Å². The Morgan fingerprint density at radius 2 is 1.67 bits per heavy atom. The maximum Gasteiger partial charge on any atom is 0.260 e. The third kappa shape index (κ3) is 4.68. The van der Waals surface area contributed by atoms with Gasteiger partial charge in [0.15, 0.2) is 12.4 Å². The van der Waals surface area contributed by atoms with E-state index in [2.05, 4.69) is 0 Å². The molecule has 0 aromatic heterocycles. The van der Waals surface area contributed by atoms with E-state index in [-0.39, 0.29) is 18.3 Å². The number of benzene rings is 2. The van der Waals surface area contributed by atoms with Gasteiger partial charge in [0.2, 0.25) is 0 Å². The normalized spacial score (nSPS) is 9.83. The number of nitrogens with zero attached hydrogens (tertiary/aromatic N) is 2. The minimum Gasteiger partial charge on any atom is -0.484 e. The van der Waals surface area contributed by atoms with Gasteiger partial charge >= 0.3 is 0 Å². The van der Waals surface area contributed by atoms with E-state index in [9.17, 15) is 9.59 Å². The number of carbonyl (C=O) groups excluding carboxylic acids is 2. The summed E-state index contributed by atoms with van der Waals surface area (Å²) >= 11 is 0. The van der Waals surface area contributed by atoms with Crippen LogP contribution in [0.2, 0.25) is 0 Å². The van der Waals surface area contributed by atoms with Crippen LogP contribution in [0.5, 0.6) is 5.75 Å². The monoisotopic (exact) mass is 322 g/mol. The number of hydrogen-bond donors (Lipinski definition) is 0. The van der Waals surface area contributed by atoms with Crippen molar-refractivity contribution in [2.75, 3.05) is 20.2 Å². The van der Waals surface area contributed by atoms with Crippen LogP contribution in [0.1, 0.15) is 22.3 Å². The summed E-state index contributed by atoms with van der Waals surface area (Å²) < 4.78 is 5.42. The molecule has 0 spiro atoms. The quantitative estimate of drug-likeness (QED) is 0.735. The van der Waals surface area contributed by atoms with Crippen molar-refractivity contribution >= 4 is 11.7 Å². The van der Waals surface area contributed by atoms with Crippen LogP contribution in [0.15, 0.2) is 54.6 Å². The molecule has 0 atom stereocenters. The van der Waals surface area contributed by atoms with Gasteiger partial charge in [-0.2, -0.15) is 5.26 Å². The van der Waals surface area contributed by atoms with Crippen LogP contribution in [0.25, 0.3) is 0 Å². The number of ketones is 1. The summed E-state index contributed by atoms with van der Waals surface area (Å²) in [6.45, 7) is 0.275. The number of carbonyl (C=O) groups is 2. The molecule has 1 amide bonds. The molecule has 0 heterocycles. The van der Waals surface area contributed by atoms with Crippen molar-refractivity contribution in [3.63, 3.8) is 0 Å². The fourth-order valence-corrected chi connectivity index (χ4v) is 2.06.